The van der Waals surface area contributed by atoms with Gasteiger partial charge in [0.05, 0.1) is 0 Å². The molecule has 0 spiro atoms. The van der Waals surface area contributed by atoms with Crippen molar-refractivity contribution in [2.24, 2.45) is 5.92 Å². The summed E-state index contributed by atoms with van der Waals surface area (Å²) in [7, 11) is 0. The molecule has 0 bridgehead atoms. The van der Waals surface area contributed by atoms with Gasteiger partial charge in [0, 0.05) is 25.8 Å². The van der Waals surface area contributed by atoms with Crippen molar-refractivity contribution in [2.45, 2.75) is 37.9 Å². The van der Waals surface area contributed by atoms with Gasteiger partial charge in [-0.3, -0.25) is 0 Å². The third kappa shape index (κ3) is 5.05. The molecule has 1 aromatic heterocycles. The number of ether oxygens (including phenoxy) is 1. The molecule has 1 fully saturated rings. The zero-order valence-corrected chi connectivity index (χ0v) is 14.4. The second kappa shape index (κ2) is 7.17. The Hall–Kier alpha value is -1.50. The van der Waals surface area contributed by atoms with Crippen LogP contribution in [0.1, 0.15) is 27.2 Å². The first-order valence-electron chi connectivity index (χ1n) is 7.46. The lowest BCUT2D eigenvalue weighted by Crippen LogP contribution is -2.36. The molecule has 0 unspecified atom stereocenters. The van der Waals surface area contributed by atoms with E-state index in [2.05, 4.69) is 20.2 Å². The molecule has 1 amide bonds. The van der Waals surface area contributed by atoms with Crippen molar-refractivity contribution >= 4 is 23.7 Å². The Morgan fingerprint density at radius 3 is 3.00 bits per heavy atom. The van der Waals surface area contributed by atoms with Crippen molar-refractivity contribution < 1.29 is 9.53 Å². The van der Waals surface area contributed by atoms with E-state index in [1.54, 1.807) is 6.20 Å². The van der Waals surface area contributed by atoms with Gasteiger partial charge in [0.15, 0.2) is 5.16 Å². The average molecular weight is 324 g/mol. The molecule has 0 radical (unpaired) electrons. The number of thioether (sulfide) groups is 1. The van der Waals surface area contributed by atoms with Crippen molar-refractivity contribution in [3.63, 3.8) is 0 Å². The molecule has 1 aliphatic rings. The highest BCUT2D eigenvalue weighted by Gasteiger charge is 2.25. The fourth-order valence-corrected chi connectivity index (χ4v) is 2.71. The summed E-state index contributed by atoms with van der Waals surface area (Å²) in [6.45, 7) is 8.06. The largest absolute Gasteiger partial charge is 0.444 e. The van der Waals surface area contributed by atoms with Crippen LogP contribution in [-0.4, -0.2) is 47.6 Å². The monoisotopic (exact) mass is 324 g/mol. The normalized spacial score (nSPS) is 18.4. The number of rotatable bonds is 4. The summed E-state index contributed by atoms with van der Waals surface area (Å²) >= 11 is 1.54. The maximum Gasteiger partial charge on any atom is 0.407 e. The minimum absolute atomic E-state index is 0.349. The molecule has 0 saturated carbocycles. The summed E-state index contributed by atoms with van der Waals surface area (Å²) in [4.78, 5) is 22.6. The van der Waals surface area contributed by atoms with Gasteiger partial charge in [0.1, 0.15) is 11.4 Å². The molecule has 1 N–H and O–H groups in total. The smallest absolute Gasteiger partial charge is 0.407 e. The summed E-state index contributed by atoms with van der Waals surface area (Å²) in [5.74, 6) is 1.37. The fraction of sp³-hybridized carbons (Fsp3) is 0.667. The lowest BCUT2D eigenvalue weighted by molar-refractivity contribution is 0.0520. The lowest BCUT2D eigenvalue weighted by atomic mass is 10.1. The third-order valence-corrected chi connectivity index (χ3v) is 3.91. The Labute approximate surface area is 136 Å². The van der Waals surface area contributed by atoms with E-state index >= 15 is 0 Å². The van der Waals surface area contributed by atoms with Crippen molar-refractivity contribution in [2.75, 3.05) is 30.8 Å². The molecule has 1 saturated heterocycles. The molecule has 1 aliphatic heterocycles. The maximum atomic E-state index is 11.7. The van der Waals surface area contributed by atoms with E-state index < -0.39 is 5.60 Å². The Kier molecular flexibility index (Phi) is 5.50. The molecule has 2 heterocycles. The topological polar surface area (TPSA) is 67.4 Å². The summed E-state index contributed by atoms with van der Waals surface area (Å²) in [5, 5.41) is 3.64. The van der Waals surface area contributed by atoms with Crippen LogP contribution in [-0.2, 0) is 4.74 Å². The number of hydrogen-bond acceptors (Lipinski definition) is 6. The summed E-state index contributed by atoms with van der Waals surface area (Å²) < 4.78 is 5.25. The highest BCUT2D eigenvalue weighted by molar-refractivity contribution is 7.98. The zero-order valence-electron chi connectivity index (χ0n) is 13.6. The second-order valence-electron chi connectivity index (χ2n) is 6.39. The zero-order chi connectivity index (χ0) is 16.2. The quantitative estimate of drug-likeness (QED) is 0.678. The number of anilines is 1. The van der Waals surface area contributed by atoms with Crippen LogP contribution in [0.4, 0.5) is 10.6 Å². The van der Waals surface area contributed by atoms with E-state index in [4.69, 9.17) is 4.74 Å². The fourth-order valence-electron chi connectivity index (χ4n) is 2.36. The van der Waals surface area contributed by atoms with Gasteiger partial charge in [-0.05, 0) is 45.4 Å². The predicted octanol–water partition coefficient (Wildman–Crippen LogP) is 2.55. The molecular weight excluding hydrogens is 300 g/mol. The highest BCUT2D eigenvalue weighted by Crippen LogP contribution is 2.23. The second-order valence-corrected chi connectivity index (χ2v) is 7.16. The van der Waals surface area contributed by atoms with E-state index in [0.29, 0.717) is 12.5 Å². The average Bonchev–Trinajstić information content (AvgIpc) is 2.92. The summed E-state index contributed by atoms with van der Waals surface area (Å²) in [6.07, 6.45) is 4.45. The van der Waals surface area contributed by atoms with Gasteiger partial charge in [0.2, 0.25) is 0 Å². The van der Waals surface area contributed by atoms with Crippen molar-refractivity contribution in [1.29, 1.82) is 0 Å². The van der Waals surface area contributed by atoms with Gasteiger partial charge >= 0.3 is 6.09 Å². The molecule has 2 rings (SSSR count). The number of aromatic nitrogens is 2. The first-order chi connectivity index (χ1) is 10.4. The van der Waals surface area contributed by atoms with Gasteiger partial charge in [-0.1, -0.05) is 11.8 Å². The van der Waals surface area contributed by atoms with Gasteiger partial charge in [-0.25, -0.2) is 14.8 Å². The Morgan fingerprint density at radius 1 is 1.55 bits per heavy atom. The highest BCUT2D eigenvalue weighted by atomic mass is 32.2. The Balaban J connectivity index is 1.81. The Morgan fingerprint density at radius 2 is 2.32 bits per heavy atom. The van der Waals surface area contributed by atoms with Crippen LogP contribution in [0.3, 0.4) is 0 Å². The number of hydrogen-bond donors (Lipinski definition) is 1. The van der Waals surface area contributed by atoms with Crippen LogP contribution in [0.2, 0.25) is 0 Å². The van der Waals surface area contributed by atoms with E-state index in [-0.39, 0.29) is 6.09 Å². The van der Waals surface area contributed by atoms with Crippen LogP contribution in [0, 0.1) is 5.92 Å². The van der Waals surface area contributed by atoms with Crippen LogP contribution in [0.25, 0.3) is 0 Å². The van der Waals surface area contributed by atoms with Gasteiger partial charge in [-0.2, -0.15) is 0 Å². The van der Waals surface area contributed by atoms with E-state index in [9.17, 15) is 4.79 Å². The van der Waals surface area contributed by atoms with E-state index in [1.165, 1.54) is 11.8 Å². The molecule has 122 valence electrons. The number of alkyl carbamates (subject to hydrolysis) is 1. The Bertz CT molecular complexity index is 519. The number of amides is 1. The number of nitrogens with one attached hydrogen (secondary N) is 1. The van der Waals surface area contributed by atoms with Gasteiger partial charge < -0.3 is 15.0 Å². The van der Waals surface area contributed by atoms with Gasteiger partial charge in [0.25, 0.3) is 0 Å². The van der Waals surface area contributed by atoms with Crippen molar-refractivity contribution in [3.8, 4) is 0 Å². The molecule has 6 nitrogen and oxygen atoms in total. The number of carbonyl (C=O) groups excluding carboxylic acids is 1. The summed E-state index contributed by atoms with van der Waals surface area (Å²) in [5.41, 5.74) is -0.457. The standard InChI is InChI=1S/C15H24N4O2S/c1-15(2,3)21-14(20)17-9-11-6-8-19(10-11)12-5-7-16-13(18-12)22-4/h5,7,11H,6,8-10H2,1-4H3,(H,17,20)/t11-/m1/s1. The predicted molar refractivity (Wildman–Crippen MR) is 88.4 cm³/mol. The molecule has 1 aromatic rings. The summed E-state index contributed by atoms with van der Waals surface area (Å²) in [6, 6.07) is 1.93. The molecule has 7 heteroatoms. The maximum absolute atomic E-state index is 11.7. The van der Waals surface area contributed by atoms with Crippen molar-refractivity contribution in [3.05, 3.63) is 12.3 Å². The van der Waals surface area contributed by atoms with Crippen LogP contribution >= 0.6 is 11.8 Å². The number of nitrogens with zero attached hydrogens (tertiary/aromatic N) is 3. The van der Waals surface area contributed by atoms with Crippen LogP contribution in [0.15, 0.2) is 17.4 Å². The SMILES string of the molecule is CSc1nccc(N2CC[C@H](CNC(=O)OC(C)(C)C)C2)n1. The van der Waals surface area contributed by atoms with E-state index in [0.717, 1.165) is 30.5 Å². The molecule has 0 aliphatic carbocycles. The third-order valence-electron chi connectivity index (χ3n) is 3.35. The molecule has 1 atom stereocenters. The van der Waals surface area contributed by atoms with Gasteiger partial charge in [-0.15, -0.1) is 0 Å². The number of carbonyl (C=O) groups is 1. The lowest BCUT2D eigenvalue weighted by Gasteiger charge is -2.21. The van der Waals surface area contributed by atoms with Crippen LogP contribution in [0.5, 0.6) is 0 Å². The first-order valence-corrected chi connectivity index (χ1v) is 8.68. The van der Waals surface area contributed by atoms with Crippen molar-refractivity contribution in [1.82, 2.24) is 15.3 Å². The van der Waals surface area contributed by atoms with E-state index in [1.807, 2.05) is 33.1 Å². The minimum atomic E-state index is -0.457. The first kappa shape index (κ1) is 16.9. The molecular formula is C15H24N4O2S. The molecule has 22 heavy (non-hydrogen) atoms. The molecule has 0 aromatic carbocycles. The van der Waals surface area contributed by atoms with Crippen LogP contribution < -0.4 is 10.2 Å². The minimum Gasteiger partial charge on any atom is -0.444 e.